The summed E-state index contributed by atoms with van der Waals surface area (Å²) in [5.41, 5.74) is 1.24. The number of carbonyl (C=O) groups is 1. The average Bonchev–Trinajstić information content (AvgIpc) is 2.76. The summed E-state index contributed by atoms with van der Waals surface area (Å²) in [5, 5.41) is 1.12. The Hall–Kier alpha value is -1.53. The smallest absolute Gasteiger partial charge is 0.342 e. The first-order chi connectivity index (χ1) is 10.2. The van der Waals surface area contributed by atoms with E-state index in [4.69, 9.17) is 20.8 Å². The number of aryl methyl sites for hydroxylation is 1. The van der Waals surface area contributed by atoms with E-state index < -0.39 is 15.8 Å². The molecule has 2 aromatic rings. The highest BCUT2D eigenvalue weighted by Crippen LogP contribution is 2.33. The largest absolute Gasteiger partial charge is 0.465 e. The van der Waals surface area contributed by atoms with Crippen LogP contribution in [0.15, 0.2) is 16.5 Å². The van der Waals surface area contributed by atoms with Gasteiger partial charge in [-0.2, -0.15) is 0 Å². The van der Waals surface area contributed by atoms with Gasteiger partial charge in [0.2, 0.25) is 0 Å². The number of esters is 1. The summed E-state index contributed by atoms with van der Waals surface area (Å²) in [6.07, 6.45) is 1.90. The van der Waals surface area contributed by atoms with E-state index in [9.17, 15) is 13.2 Å². The summed E-state index contributed by atoms with van der Waals surface area (Å²) in [6, 6.07) is 3.50. The summed E-state index contributed by atoms with van der Waals surface area (Å²) < 4.78 is 32.9. The predicted octanol–water partition coefficient (Wildman–Crippen LogP) is 3.16. The predicted molar refractivity (Wildman–Crippen MR) is 85.3 cm³/mol. The second-order valence-electron chi connectivity index (χ2n) is 5.21. The first-order valence-electron chi connectivity index (χ1n) is 6.70. The molecule has 0 amide bonds. The van der Waals surface area contributed by atoms with E-state index in [1.807, 2.05) is 0 Å². The zero-order valence-electron chi connectivity index (χ0n) is 12.6. The summed E-state index contributed by atoms with van der Waals surface area (Å²) in [5.74, 6) is 0.139. The number of halogens is 1. The third-order valence-electron chi connectivity index (χ3n) is 3.31. The molecule has 0 aliphatic carbocycles. The van der Waals surface area contributed by atoms with Crippen LogP contribution in [-0.4, -0.2) is 33.5 Å². The number of fused-ring (bicyclic) bond motifs is 1. The zero-order chi connectivity index (χ0) is 16.5. The van der Waals surface area contributed by atoms with Crippen LogP contribution in [-0.2, 0) is 21.0 Å². The third-order valence-corrected chi connectivity index (χ3v) is 4.68. The highest BCUT2D eigenvalue weighted by atomic mass is 35.5. The van der Waals surface area contributed by atoms with Crippen molar-refractivity contribution in [1.29, 1.82) is 0 Å². The Bertz CT molecular complexity index is 820. The molecular weight excluding hydrogens is 328 g/mol. The van der Waals surface area contributed by atoms with Gasteiger partial charge in [0.1, 0.15) is 26.7 Å². The number of carbonyl (C=O) groups excluding carboxylic acids is 1. The molecule has 0 N–H and O–H groups in total. The molecule has 1 aromatic heterocycles. The van der Waals surface area contributed by atoms with Crippen LogP contribution >= 0.6 is 11.6 Å². The maximum atomic E-state index is 12.1. The molecule has 2 rings (SSSR count). The fourth-order valence-corrected chi connectivity index (χ4v) is 3.37. The summed E-state index contributed by atoms with van der Waals surface area (Å²) in [7, 11) is -1.78. The SMILES string of the molecule is COC(=O)c1c(CCCS(C)(=O)=O)c(Cl)cc2cc(C)oc12. The maximum Gasteiger partial charge on any atom is 0.342 e. The number of ether oxygens (including phenoxy) is 1. The molecule has 5 nitrogen and oxygen atoms in total. The number of methoxy groups -OCH3 is 1. The lowest BCUT2D eigenvalue weighted by atomic mass is 10.0. The Morgan fingerprint density at radius 3 is 2.64 bits per heavy atom. The Morgan fingerprint density at radius 1 is 1.36 bits per heavy atom. The topological polar surface area (TPSA) is 73.6 Å². The Labute approximate surface area is 134 Å². The molecule has 1 aromatic carbocycles. The van der Waals surface area contributed by atoms with Crippen molar-refractivity contribution in [2.75, 3.05) is 19.1 Å². The number of hydrogen-bond acceptors (Lipinski definition) is 5. The first-order valence-corrected chi connectivity index (χ1v) is 9.14. The molecular formula is C15H17ClO5S. The van der Waals surface area contributed by atoms with Crippen molar-refractivity contribution in [2.24, 2.45) is 0 Å². The van der Waals surface area contributed by atoms with Crippen molar-refractivity contribution in [3.05, 3.63) is 34.0 Å². The molecule has 0 spiro atoms. The van der Waals surface area contributed by atoms with Gasteiger partial charge in [0, 0.05) is 16.7 Å². The van der Waals surface area contributed by atoms with Gasteiger partial charge in [-0.3, -0.25) is 0 Å². The van der Waals surface area contributed by atoms with E-state index in [1.54, 1.807) is 19.1 Å². The van der Waals surface area contributed by atoms with Crippen LogP contribution in [0.25, 0.3) is 11.0 Å². The summed E-state index contributed by atoms with van der Waals surface area (Å²) in [6.45, 7) is 1.78. The second kappa shape index (κ2) is 6.30. The zero-order valence-corrected chi connectivity index (χ0v) is 14.2. The van der Waals surface area contributed by atoms with Gasteiger partial charge < -0.3 is 9.15 Å². The molecule has 0 saturated heterocycles. The molecule has 7 heteroatoms. The molecule has 0 fully saturated rings. The summed E-state index contributed by atoms with van der Waals surface area (Å²) >= 11 is 6.27. The van der Waals surface area contributed by atoms with E-state index >= 15 is 0 Å². The molecule has 22 heavy (non-hydrogen) atoms. The molecule has 0 unspecified atom stereocenters. The molecule has 0 saturated carbocycles. The van der Waals surface area contributed by atoms with Crippen molar-refractivity contribution in [2.45, 2.75) is 19.8 Å². The van der Waals surface area contributed by atoms with Gasteiger partial charge in [-0.1, -0.05) is 11.6 Å². The van der Waals surface area contributed by atoms with Crippen molar-refractivity contribution in [1.82, 2.24) is 0 Å². The van der Waals surface area contributed by atoms with Crippen LogP contribution in [0.5, 0.6) is 0 Å². The van der Waals surface area contributed by atoms with E-state index in [1.165, 1.54) is 13.4 Å². The van der Waals surface area contributed by atoms with Crippen LogP contribution in [0.2, 0.25) is 5.02 Å². The Balaban J connectivity index is 2.51. The second-order valence-corrected chi connectivity index (χ2v) is 7.88. The standard InChI is InChI=1S/C15H17ClO5S/c1-9-7-10-8-12(16)11(5-4-6-22(3,18)19)13(14(10)21-9)15(17)20-2/h7-8H,4-6H2,1-3H3. The van der Waals surface area contributed by atoms with E-state index in [0.717, 1.165) is 5.39 Å². The Kier molecular flexibility index (Phi) is 4.82. The quantitative estimate of drug-likeness (QED) is 0.779. The molecule has 0 aliphatic heterocycles. The minimum absolute atomic E-state index is 0.0269. The highest BCUT2D eigenvalue weighted by Gasteiger charge is 2.22. The minimum Gasteiger partial charge on any atom is -0.465 e. The lowest BCUT2D eigenvalue weighted by molar-refractivity contribution is 0.0600. The molecule has 1 heterocycles. The van der Waals surface area contributed by atoms with Gasteiger partial charge in [-0.25, -0.2) is 13.2 Å². The first kappa shape index (κ1) is 16.8. The lowest BCUT2D eigenvalue weighted by Crippen LogP contribution is -2.09. The van der Waals surface area contributed by atoms with Crippen molar-refractivity contribution in [3.63, 3.8) is 0 Å². The number of sulfone groups is 1. The van der Waals surface area contributed by atoms with Gasteiger partial charge in [0.25, 0.3) is 0 Å². The van der Waals surface area contributed by atoms with Crippen LogP contribution < -0.4 is 0 Å². The highest BCUT2D eigenvalue weighted by molar-refractivity contribution is 7.90. The van der Waals surface area contributed by atoms with Crippen molar-refractivity contribution in [3.8, 4) is 0 Å². The number of hydrogen-bond donors (Lipinski definition) is 0. The van der Waals surface area contributed by atoms with Crippen LogP contribution in [0, 0.1) is 6.92 Å². The Morgan fingerprint density at radius 2 is 2.05 bits per heavy atom. The van der Waals surface area contributed by atoms with E-state index in [0.29, 0.717) is 34.8 Å². The monoisotopic (exact) mass is 344 g/mol. The van der Waals surface area contributed by atoms with Gasteiger partial charge in [0.15, 0.2) is 0 Å². The van der Waals surface area contributed by atoms with Crippen LogP contribution in [0.1, 0.15) is 28.1 Å². The van der Waals surface area contributed by atoms with Gasteiger partial charge >= 0.3 is 5.97 Å². The normalized spacial score (nSPS) is 11.8. The number of furan rings is 1. The average molecular weight is 345 g/mol. The van der Waals surface area contributed by atoms with E-state index in [-0.39, 0.29) is 11.3 Å². The third kappa shape index (κ3) is 3.62. The summed E-state index contributed by atoms with van der Waals surface area (Å²) in [4.78, 5) is 12.1. The molecule has 120 valence electrons. The molecule has 0 aliphatic rings. The maximum absolute atomic E-state index is 12.1. The fourth-order valence-electron chi connectivity index (χ4n) is 2.39. The molecule has 0 atom stereocenters. The van der Waals surface area contributed by atoms with Crippen molar-refractivity contribution < 1.29 is 22.4 Å². The lowest BCUT2D eigenvalue weighted by Gasteiger charge is -2.10. The van der Waals surface area contributed by atoms with Crippen molar-refractivity contribution >= 4 is 38.4 Å². The van der Waals surface area contributed by atoms with Crippen LogP contribution in [0.4, 0.5) is 0 Å². The van der Waals surface area contributed by atoms with Crippen LogP contribution in [0.3, 0.4) is 0 Å². The number of benzene rings is 1. The number of rotatable bonds is 5. The fraction of sp³-hybridized carbons (Fsp3) is 0.400. The van der Waals surface area contributed by atoms with Gasteiger partial charge in [0.05, 0.1) is 12.9 Å². The van der Waals surface area contributed by atoms with Gasteiger partial charge in [-0.15, -0.1) is 0 Å². The van der Waals surface area contributed by atoms with E-state index in [2.05, 4.69) is 0 Å². The molecule has 0 radical (unpaired) electrons. The molecule has 0 bridgehead atoms. The minimum atomic E-state index is -3.07. The van der Waals surface area contributed by atoms with Gasteiger partial charge in [-0.05, 0) is 37.5 Å².